The van der Waals surface area contributed by atoms with Gasteiger partial charge in [-0.25, -0.2) is 9.59 Å². The van der Waals surface area contributed by atoms with Crippen LogP contribution in [0.25, 0.3) is 0 Å². The summed E-state index contributed by atoms with van der Waals surface area (Å²) in [6, 6.07) is -0.783. The lowest BCUT2D eigenvalue weighted by Crippen LogP contribution is -2.43. The van der Waals surface area contributed by atoms with Gasteiger partial charge < -0.3 is 14.7 Å². The van der Waals surface area contributed by atoms with Gasteiger partial charge in [0.15, 0.2) is 0 Å². The van der Waals surface area contributed by atoms with E-state index in [2.05, 4.69) is 4.84 Å². The van der Waals surface area contributed by atoms with E-state index in [1.807, 2.05) is 0 Å². The van der Waals surface area contributed by atoms with Crippen LogP contribution in [0.15, 0.2) is 0 Å². The Kier molecular flexibility index (Phi) is 9.00. The number of likely N-dealkylation sites (tertiary alicyclic amines) is 1. The van der Waals surface area contributed by atoms with E-state index < -0.39 is 28.6 Å². The van der Waals surface area contributed by atoms with Gasteiger partial charge in [0, 0.05) is 24.6 Å². The zero-order valence-electron chi connectivity index (χ0n) is 13.3. The van der Waals surface area contributed by atoms with Crippen molar-refractivity contribution in [3.8, 4) is 0 Å². The number of carboxylic acids is 1. The summed E-state index contributed by atoms with van der Waals surface area (Å²) in [7, 11) is 0. The first-order valence-corrected chi connectivity index (χ1v) is 8.45. The zero-order chi connectivity index (χ0) is 18.1. The van der Waals surface area contributed by atoms with Crippen LogP contribution < -0.4 is 0 Å². The number of carboxylic acid groups (broad SMARTS) is 1. The largest absolute Gasteiger partial charge is 0.480 e. The molecule has 3 N–H and O–H groups in total. The first-order chi connectivity index (χ1) is 11.3. The smallest absolute Gasteiger partial charge is 0.367 e. The van der Waals surface area contributed by atoms with Crippen molar-refractivity contribution in [2.75, 3.05) is 25.5 Å². The molecule has 0 aromatic carbocycles. The van der Waals surface area contributed by atoms with Crippen LogP contribution in [0.5, 0.6) is 0 Å². The number of hydrogen-bond acceptors (Lipinski definition) is 9. The molecule has 1 fully saturated rings. The predicted octanol–water partition coefficient (Wildman–Crippen LogP) is 0.970. The van der Waals surface area contributed by atoms with Crippen LogP contribution in [0, 0.1) is 5.92 Å². The molecule has 0 radical (unpaired) electrons. The van der Waals surface area contributed by atoms with Crippen molar-refractivity contribution in [3.63, 3.8) is 0 Å². The Morgan fingerprint density at radius 2 is 2.04 bits per heavy atom. The molecule has 1 heterocycles. The summed E-state index contributed by atoms with van der Waals surface area (Å²) in [5, 5.41) is 24.7. The van der Waals surface area contributed by atoms with Gasteiger partial charge in [-0.05, 0) is 24.6 Å². The molecule has 1 aliphatic heterocycles. The second-order valence-electron chi connectivity index (χ2n) is 5.28. The molecular weight excluding hydrogens is 344 g/mol. The Bertz CT molecular complexity index is 448. The summed E-state index contributed by atoms with van der Waals surface area (Å²) in [6.07, 6.45) is 1.38. The highest BCUT2D eigenvalue weighted by atomic mass is 32.2. The van der Waals surface area contributed by atoms with Gasteiger partial charge in [-0.1, -0.05) is 6.92 Å². The monoisotopic (exact) mass is 366 g/mol. The lowest BCUT2D eigenvalue weighted by atomic mass is 10.1. The second-order valence-corrected chi connectivity index (χ2v) is 6.23. The topological polar surface area (TPSA) is 137 Å². The molecule has 0 unspecified atom stereocenters. The minimum Gasteiger partial charge on any atom is -0.480 e. The molecule has 1 aliphatic rings. The van der Waals surface area contributed by atoms with E-state index in [0.717, 1.165) is 11.8 Å². The summed E-state index contributed by atoms with van der Waals surface area (Å²) in [5.74, 6) is -1.59. The summed E-state index contributed by atoms with van der Waals surface area (Å²) < 4.78 is 4.88. The minimum atomic E-state index is -1.01. The van der Waals surface area contributed by atoms with Gasteiger partial charge in [0.2, 0.25) is 5.91 Å². The summed E-state index contributed by atoms with van der Waals surface area (Å²) in [6.45, 7) is 2.06. The first kappa shape index (κ1) is 20.6. The van der Waals surface area contributed by atoms with Crippen LogP contribution in [0.4, 0.5) is 4.79 Å². The molecule has 0 aromatic rings. The quantitative estimate of drug-likeness (QED) is 0.307. The highest BCUT2D eigenvalue weighted by molar-refractivity contribution is 8.13. The Hall–Kier alpha value is -1.40. The van der Waals surface area contributed by atoms with Crippen molar-refractivity contribution in [1.29, 1.82) is 0 Å². The van der Waals surface area contributed by atoms with E-state index in [-0.39, 0.29) is 31.3 Å². The molecule has 1 amide bonds. The Morgan fingerprint density at radius 1 is 1.33 bits per heavy atom. The zero-order valence-corrected chi connectivity index (χ0v) is 14.1. The predicted molar refractivity (Wildman–Crippen MR) is 81.3 cm³/mol. The Labute approximate surface area is 143 Å². The van der Waals surface area contributed by atoms with Crippen molar-refractivity contribution in [3.05, 3.63) is 0 Å². The van der Waals surface area contributed by atoms with Crippen LogP contribution in [-0.4, -0.2) is 74.5 Å². The third-order valence-electron chi connectivity index (χ3n) is 3.41. The maximum atomic E-state index is 12.3. The van der Waals surface area contributed by atoms with Crippen molar-refractivity contribution in [1.82, 2.24) is 10.3 Å². The van der Waals surface area contributed by atoms with Crippen molar-refractivity contribution < 1.29 is 39.5 Å². The summed E-state index contributed by atoms with van der Waals surface area (Å²) in [4.78, 5) is 40.5. The van der Waals surface area contributed by atoms with Gasteiger partial charge in [0.05, 0.1) is 18.6 Å². The Balaban J connectivity index is 2.24. The molecule has 24 heavy (non-hydrogen) atoms. The van der Waals surface area contributed by atoms with E-state index in [9.17, 15) is 14.4 Å². The van der Waals surface area contributed by atoms with Crippen LogP contribution in [0.3, 0.4) is 0 Å². The normalized spacial score (nSPS) is 18.7. The van der Waals surface area contributed by atoms with Gasteiger partial charge in [0.1, 0.15) is 6.04 Å². The fraction of sp³-hybridized carbons (Fsp3) is 0.769. The Morgan fingerprint density at radius 3 is 2.67 bits per heavy atom. The molecular formula is C13H22N2O8S. The van der Waals surface area contributed by atoms with Crippen LogP contribution >= 0.6 is 11.8 Å². The highest BCUT2D eigenvalue weighted by Crippen LogP contribution is 2.22. The van der Waals surface area contributed by atoms with Crippen molar-refractivity contribution in [2.45, 2.75) is 32.2 Å². The molecule has 138 valence electrons. The lowest BCUT2D eigenvalue weighted by Gasteiger charge is -2.24. The van der Waals surface area contributed by atoms with Crippen LogP contribution in [-0.2, 0) is 19.2 Å². The number of thioether (sulfide) groups is 1. The van der Waals surface area contributed by atoms with Crippen LogP contribution in [0.1, 0.15) is 26.2 Å². The fourth-order valence-electron chi connectivity index (χ4n) is 2.24. The molecule has 0 saturated carbocycles. The number of nitrogens with zero attached hydrogens (tertiary/aromatic N) is 2. The number of aliphatic carboxylic acids is 1. The van der Waals surface area contributed by atoms with E-state index in [1.165, 1.54) is 4.90 Å². The number of rotatable bonds is 9. The van der Waals surface area contributed by atoms with E-state index in [1.54, 1.807) is 6.92 Å². The molecule has 0 aliphatic carbocycles. The average Bonchev–Trinajstić information content (AvgIpc) is 3.00. The number of ether oxygens (including phenoxy) is 1. The van der Waals surface area contributed by atoms with Crippen molar-refractivity contribution >= 4 is 28.9 Å². The maximum absolute atomic E-state index is 12.3. The number of carbonyl (C=O) groups is 3. The number of amides is 1. The standard InChI is InChI=1S/C13H22N2O8S/c1-9(11(16)14-5-2-4-10(14)12(17)18)8-24-13(19)22-6-3-7-23-15(20)21/h9-10,20-21H,2-8H2,1H3,(H,17,18)/t9-,10+/m1/s1. The van der Waals surface area contributed by atoms with Gasteiger partial charge in [-0.2, -0.15) is 0 Å². The first-order valence-electron chi connectivity index (χ1n) is 7.46. The van der Waals surface area contributed by atoms with Gasteiger partial charge in [-0.15, -0.1) is 0 Å². The fourth-order valence-corrected chi connectivity index (χ4v) is 2.93. The molecule has 0 spiro atoms. The number of carbonyl (C=O) groups excluding carboxylic acids is 2. The van der Waals surface area contributed by atoms with Crippen LogP contribution in [0.2, 0.25) is 0 Å². The average molecular weight is 366 g/mol. The molecule has 11 heteroatoms. The molecule has 0 aromatic heterocycles. The maximum Gasteiger partial charge on any atom is 0.367 e. The molecule has 1 saturated heterocycles. The molecule has 2 atom stereocenters. The van der Waals surface area contributed by atoms with Crippen molar-refractivity contribution in [2.24, 2.45) is 5.92 Å². The summed E-state index contributed by atoms with van der Waals surface area (Å²) in [5.41, 5.74) is 0. The van der Waals surface area contributed by atoms with Gasteiger partial charge >= 0.3 is 11.3 Å². The van der Waals surface area contributed by atoms with Gasteiger partial charge in [0.25, 0.3) is 0 Å². The molecule has 1 rings (SSSR count). The lowest BCUT2D eigenvalue weighted by molar-refractivity contribution is -0.492. The molecule has 10 nitrogen and oxygen atoms in total. The minimum absolute atomic E-state index is 0.0363. The number of hydrogen-bond donors (Lipinski definition) is 3. The van der Waals surface area contributed by atoms with Gasteiger partial charge in [-0.3, -0.25) is 20.0 Å². The second kappa shape index (κ2) is 10.5. The SMILES string of the molecule is C[C@H](CSC(=O)OCCCON(O)O)C(=O)N1CCC[C@H]1C(=O)O. The van der Waals surface area contributed by atoms with E-state index >= 15 is 0 Å². The van der Waals surface area contributed by atoms with E-state index in [0.29, 0.717) is 19.4 Å². The highest BCUT2D eigenvalue weighted by Gasteiger charge is 2.35. The molecule has 0 bridgehead atoms. The third-order valence-corrected chi connectivity index (χ3v) is 4.43. The summed E-state index contributed by atoms with van der Waals surface area (Å²) >= 11 is 0.840. The van der Waals surface area contributed by atoms with E-state index in [4.69, 9.17) is 20.3 Å². The third kappa shape index (κ3) is 7.01.